The second kappa shape index (κ2) is 12.5. The van der Waals surface area contributed by atoms with Gasteiger partial charge in [0.15, 0.2) is 0 Å². The number of carbonyl (C=O) groups excluding carboxylic acids is 1. The highest BCUT2D eigenvalue weighted by Gasteiger charge is 2.24. The van der Waals surface area contributed by atoms with Crippen molar-refractivity contribution in [1.82, 2.24) is 9.89 Å². The van der Waals surface area contributed by atoms with Crippen molar-refractivity contribution in [2.75, 3.05) is 37.7 Å². The molecule has 2 aliphatic rings. The third-order valence-corrected chi connectivity index (χ3v) is 7.98. The quantitative estimate of drug-likeness (QED) is 0.147. The van der Waals surface area contributed by atoms with Crippen LogP contribution in [0.5, 0.6) is 0 Å². The molecular formula is C32H40N3O6S+. The van der Waals surface area contributed by atoms with Crippen LogP contribution in [0.3, 0.4) is 0 Å². The number of nitrogens with one attached hydrogen (secondary N) is 1. The predicted molar refractivity (Wildman–Crippen MR) is 167 cm³/mol. The number of hydrogen-bond donors (Lipinski definition) is 2. The Morgan fingerprint density at radius 3 is 2.36 bits per heavy atom. The number of nitrogens with zero attached hydrogens (tertiary/aromatic N) is 2. The zero-order valence-corrected chi connectivity index (χ0v) is 25.9. The maximum absolute atomic E-state index is 12.4. The van der Waals surface area contributed by atoms with Crippen LogP contribution in [-0.2, 0) is 14.9 Å². The first-order valence-corrected chi connectivity index (χ1v) is 15.7. The van der Waals surface area contributed by atoms with Gasteiger partial charge in [-0.3, -0.25) is 4.55 Å². The van der Waals surface area contributed by atoms with Gasteiger partial charge in [-0.2, -0.15) is 8.42 Å². The lowest BCUT2D eigenvalue weighted by Crippen LogP contribution is -2.41. The largest absolute Gasteiger partial charge is 0.456 e. The topological polar surface area (TPSA) is 112 Å². The van der Waals surface area contributed by atoms with Crippen molar-refractivity contribution in [3.63, 3.8) is 0 Å². The minimum absolute atomic E-state index is 0.170. The molecule has 0 aromatic heterocycles. The second-order valence-electron chi connectivity index (χ2n) is 11.1. The zero-order chi connectivity index (χ0) is 30.7. The van der Waals surface area contributed by atoms with Crippen molar-refractivity contribution in [3.8, 4) is 22.5 Å². The monoisotopic (exact) mass is 594 g/mol. The highest BCUT2D eigenvalue weighted by atomic mass is 32.2. The average molecular weight is 595 g/mol. The van der Waals surface area contributed by atoms with Gasteiger partial charge in [0, 0.05) is 52.0 Å². The number of ether oxygens (including phenoxy) is 1. The Bertz CT molecular complexity index is 1730. The van der Waals surface area contributed by atoms with Gasteiger partial charge in [-0.15, -0.1) is 0 Å². The normalized spacial score (nSPS) is 12.0. The molecule has 1 aliphatic carbocycles. The van der Waals surface area contributed by atoms with Crippen LogP contribution >= 0.6 is 0 Å². The Balaban J connectivity index is 1.87. The molecule has 0 radical (unpaired) electrons. The van der Waals surface area contributed by atoms with E-state index in [0.717, 1.165) is 29.7 Å². The summed E-state index contributed by atoms with van der Waals surface area (Å²) in [5.74, 6) is 0.592. The Morgan fingerprint density at radius 2 is 1.71 bits per heavy atom. The lowest BCUT2D eigenvalue weighted by Gasteiger charge is -2.25. The molecule has 1 amide bonds. The van der Waals surface area contributed by atoms with Crippen LogP contribution in [0.4, 0.5) is 10.5 Å². The fourth-order valence-electron chi connectivity index (χ4n) is 5.10. The molecule has 2 N–H and O–H groups in total. The summed E-state index contributed by atoms with van der Waals surface area (Å²) in [5.41, 5.74) is 2.81. The summed E-state index contributed by atoms with van der Waals surface area (Å²) in [6, 6.07) is 18.1. The molecule has 42 heavy (non-hydrogen) atoms. The Hall–Kier alpha value is -3.89. The van der Waals surface area contributed by atoms with E-state index in [2.05, 4.69) is 28.6 Å². The molecule has 9 nitrogen and oxygen atoms in total. The van der Waals surface area contributed by atoms with Gasteiger partial charge in [-0.25, -0.2) is 9.37 Å². The van der Waals surface area contributed by atoms with Crippen molar-refractivity contribution in [3.05, 3.63) is 66.0 Å². The van der Waals surface area contributed by atoms with Crippen LogP contribution in [-0.4, -0.2) is 57.4 Å². The molecule has 0 spiro atoms. The second-order valence-corrected chi connectivity index (χ2v) is 12.5. The third-order valence-electron chi connectivity index (χ3n) is 7.07. The van der Waals surface area contributed by atoms with Crippen LogP contribution in [0.1, 0.15) is 41.5 Å². The van der Waals surface area contributed by atoms with Gasteiger partial charge >= 0.3 is 6.09 Å². The summed E-state index contributed by atoms with van der Waals surface area (Å²) in [6.45, 7) is 14.8. The van der Waals surface area contributed by atoms with Crippen LogP contribution in [0.15, 0.2) is 70.0 Å². The highest BCUT2D eigenvalue weighted by molar-refractivity contribution is 7.86. The zero-order valence-electron chi connectivity index (χ0n) is 25.1. The highest BCUT2D eigenvalue weighted by Crippen LogP contribution is 2.42. The molecule has 0 saturated carbocycles. The molecule has 10 heteroatoms. The Kier molecular flexibility index (Phi) is 9.27. The molecule has 0 saturated heterocycles. The lowest BCUT2D eigenvalue weighted by atomic mass is 9.93. The van der Waals surface area contributed by atoms with E-state index in [0.29, 0.717) is 40.9 Å². The predicted octanol–water partition coefficient (Wildman–Crippen LogP) is 5.61. The fraction of sp³-hybridized carbons (Fsp3) is 0.375. The minimum Gasteiger partial charge on any atom is -0.456 e. The van der Waals surface area contributed by atoms with Crippen LogP contribution < -0.4 is 20.1 Å². The Morgan fingerprint density at radius 1 is 1.00 bits per heavy atom. The summed E-state index contributed by atoms with van der Waals surface area (Å²) in [4.78, 5) is 14.0. The minimum atomic E-state index is -4.50. The van der Waals surface area contributed by atoms with Crippen molar-refractivity contribution in [2.24, 2.45) is 0 Å². The van der Waals surface area contributed by atoms with Crippen LogP contribution in [0.25, 0.3) is 33.4 Å². The van der Waals surface area contributed by atoms with E-state index in [9.17, 15) is 17.8 Å². The van der Waals surface area contributed by atoms with Gasteiger partial charge in [0.25, 0.3) is 10.1 Å². The Labute approximate surface area is 247 Å². The van der Waals surface area contributed by atoms with E-state index in [4.69, 9.17) is 9.15 Å². The van der Waals surface area contributed by atoms with E-state index in [-0.39, 0.29) is 17.0 Å². The smallest absolute Gasteiger partial charge is 0.407 e. The van der Waals surface area contributed by atoms with E-state index in [1.807, 2.05) is 64.1 Å². The first-order chi connectivity index (χ1) is 19.9. The van der Waals surface area contributed by atoms with Crippen molar-refractivity contribution in [2.45, 2.75) is 52.0 Å². The molecule has 1 heterocycles. The molecule has 224 valence electrons. The summed E-state index contributed by atoms with van der Waals surface area (Å²) >= 11 is 0. The van der Waals surface area contributed by atoms with Gasteiger partial charge < -0.3 is 19.4 Å². The van der Waals surface area contributed by atoms with E-state index >= 15 is 0 Å². The number of carbonyl (C=O) groups is 1. The number of rotatable bonds is 9. The molecule has 0 fully saturated rings. The van der Waals surface area contributed by atoms with Gasteiger partial charge in [0.1, 0.15) is 35.9 Å². The number of likely N-dealkylation sites (N-methyl/N-ethyl adjacent to an activating group) is 1. The standard InChI is InChI=1S/C32H39N3O6S/c1-7-34(8-2)22-14-16-24-27(20-22)41-28-21-23(35(9-3)18-19-40-31(36)33-32(4,5)6)15-17-25(28)30(24)26-12-10-11-13-29(26)42(37,38)39/h10-17,20-21H,7-9,18-19H2,1-6H3,(H-,33,36,37,38,39)/p+1. The summed E-state index contributed by atoms with van der Waals surface area (Å²) < 4.78 is 49.0. The molecule has 0 bridgehead atoms. The summed E-state index contributed by atoms with van der Waals surface area (Å²) in [5, 5.41) is 4.48. The molecule has 0 unspecified atom stereocenters. The summed E-state index contributed by atoms with van der Waals surface area (Å²) in [7, 11) is -4.50. The number of fused-ring (bicyclic) bond motifs is 2. The molecular weight excluding hydrogens is 554 g/mol. The van der Waals surface area contributed by atoms with Crippen molar-refractivity contribution in [1.29, 1.82) is 0 Å². The fourth-order valence-corrected chi connectivity index (χ4v) is 5.80. The van der Waals surface area contributed by atoms with Gasteiger partial charge in [-0.1, -0.05) is 18.2 Å². The van der Waals surface area contributed by atoms with Crippen LogP contribution in [0, 0.1) is 0 Å². The average Bonchev–Trinajstić information content (AvgIpc) is 2.93. The lowest BCUT2D eigenvalue weighted by molar-refractivity contribution is 0.140. The maximum Gasteiger partial charge on any atom is 0.407 e. The maximum atomic E-state index is 12.4. The first-order valence-electron chi connectivity index (χ1n) is 14.2. The molecule has 2 aromatic carbocycles. The molecule has 0 atom stereocenters. The number of anilines is 1. The van der Waals surface area contributed by atoms with Gasteiger partial charge in [-0.05, 0) is 65.8 Å². The van der Waals surface area contributed by atoms with E-state index < -0.39 is 16.2 Å². The SMILES string of the molecule is CCN(CCOC(=O)NC(C)(C)C)c1ccc2c(-c3ccccc3S(=O)(=O)O)c3ccc(=[N+](CC)CC)cc-3oc2c1. The molecule has 4 rings (SSSR count). The number of amides is 1. The first kappa shape index (κ1) is 31.1. The van der Waals surface area contributed by atoms with Crippen molar-refractivity contribution < 1.29 is 26.9 Å². The van der Waals surface area contributed by atoms with Crippen LogP contribution in [0.2, 0.25) is 0 Å². The van der Waals surface area contributed by atoms with Gasteiger partial charge in [0.05, 0.1) is 12.6 Å². The number of hydrogen-bond acceptors (Lipinski definition) is 6. The van der Waals surface area contributed by atoms with E-state index in [1.165, 1.54) is 6.07 Å². The number of benzene rings is 3. The third kappa shape index (κ3) is 6.94. The molecule has 1 aliphatic heterocycles. The summed E-state index contributed by atoms with van der Waals surface area (Å²) in [6.07, 6.45) is -0.468. The molecule has 2 aromatic rings. The van der Waals surface area contributed by atoms with Gasteiger partial charge in [0.2, 0.25) is 5.36 Å². The van der Waals surface area contributed by atoms with E-state index in [1.54, 1.807) is 18.2 Å². The van der Waals surface area contributed by atoms with Crippen molar-refractivity contribution >= 4 is 32.9 Å². The number of alkyl carbamates (subject to hydrolysis) is 1.